The first-order valence-corrected chi connectivity index (χ1v) is 14.0. The Kier molecular flexibility index (Phi) is 8.41. The highest BCUT2D eigenvalue weighted by Crippen LogP contribution is 2.38. The van der Waals surface area contributed by atoms with Crippen LogP contribution in [0.4, 0.5) is 37.8 Å². The lowest BCUT2D eigenvalue weighted by Crippen LogP contribution is -2.39. The molecule has 42 heavy (non-hydrogen) atoms. The standard InChI is InChI=1S/C31H31F6N5/c1-3-42(23-8-5-4-6-9-23)19(2)28-40-26-18-20(27-25(31(35,36)37)10-7-17-38-27)11-16-24(26)29(41-28)39-22-14-12-21(13-15-22)30(32,33)34/h7,10-19,23H,3-6,8-9H2,1-2H3,(H,39,40,41). The number of aromatic nitrogens is 3. The van der Waals surface area contributed by atoms with E-state index in [1.807, 2.05) is 6.92 Å². The molecule has 5 nitrogen and oxygen atoms in total. The maximum atomic E-state index is 13.8. The minimum Gasteiger partial charge on any atom is -0.340 e. The zero-order valence-electron chi connectivity index (χ0n) is 23.2. The summed E-state index contributed by atoms with van der Waals surface area (Å²) >= 11 is 0. The Morgan fingerprint density at radius 1 is 0.905 bits per heavy atom. The lowest BCUT2D eigenvalue weighted by molar-refractivity contribution is -0.138. The van der Waals surface area contributed by atoms with E-state index in [4.69, 9.17) is 9.97 Å². The van der Waals surface area contributed by atoms with Crippen molar-refractivity contribution in [3.05, 3.63) is 77.7 Å². The molecule has 1 fully saturated rings. The van der Waals surface area contributed by atoms with Crippen molar-refractivity contribution in [2.24, 2.45) is 0 Å². The molecule has 1 aliphatic carbocycles. The molecule has 0 aliphatic heterocycles. The first-order valence-electron chi connectivity index (χ1n) is 14.0. The maximum absolute atomic E-state index is 13.8. The Bertz CT molecular complexity index is 1530. The summed E-state index contributed by atoms with van der Waals surface area (Å²) in [5.74, 6) is 0.823. The monoisotopic (exact) mass is 587 g/mol. The van der Waals surface area contributed by atoms with E-state index in [9.17, 15) is 26.3 Å². The molecule has 0 spiro atoms. The Labute approximate surface area is 240 Å². The van der Waals surface area contributed by atoms with Crippen LogP contribution in [0, 0.1) is 0 Å². The lowest BCUT2D eigenvalue weighted by Gasteiger charge is -2.37. The smallest absolute Gasteiger partial charge is 0.340 e. The van der Waals surface area contributed by atoms with Gasteiger partial charge >= 0.3 is 12.4 Å². The summed E-state index contributed by atoms with van der Waals surface area (Å²) in [4.78, 5) is 16.0. The van der Waals surface area contributed by atoms with Crippen LogP contribution >= 0.6 is 0 Å². The summed E-state index contributed by atoms with van der Waals surface area (Å²) < 4.78 is 80.7. The molecule has 0 amide bonds. The molecule has 2 aromatic heterocycles. The number of nitrogens with zero attached hydrogens (tertiary/aromatic N) is 4. The van der Waals surface area contributed by atoms with Gasteiger partial charge in [0.05, 0.1) is 28.4 Å². The molecule has 1 atom stereocenters. The summed E-state index contributed by atoms with van der Waals surface area (Å²) in [5, 5.41) is 3.63. The molecule has 0 saturated heterocycles. The number of fused-ring (bicyclic) bond motifs is 1. The number of pyridine rings is 1. The van der Waals surface area contributed by atoms with Gasteiger partial charge in [-0.05, 0) is 74.8 Å². The number of rotatable bonds is 7. The molecule has 0 radical (unpaired) electrons. The predicted molar refractivity (Wildman–Crippen MR) is 150 cm³/mol. The topological polar surface area (TPSA) is 53.9 Å². The molecule has 1 unspecified atom stereocenters. The molecule has 4 aromatic rings. The predicted octanol–water partition coefficient (Wildman–Crippen LogP) is 9.19. The van der Waals surface area contributed by atoms with Gasteiger partial charge in [0.15, 0.2) is 0 Å². The second-order valence-corrected chi connectivity index (χ2v) is 10.6. The fourth-order valence-electron chi connectivity index (χ4n) is 5.73. The summed E-state index contributed by atoms with van der Waals surface area (Å²) in [6.07, 6.45) is -2.15. The zero-order chi connectivity index (χ0) is 30.1. The highest BCUT2D eigenvalue weighted by molar-refractivity contribution is 5.93. The van der Waals surface area contributed by atoms with Crippen molar-refractivity contribution in [2.45, 2.75) is 70.4 Å². The lowest BCUT2D eigenvalue weighted by atomic mass is 9.93. The van der Waals surface area contributed by atoms with E-state index in [0.717, 1.165) is 50.4 Å². The van der Waals surface area contributed by atoms with Crippen molar-refractivity contribution in [3.63, 3.8) is 0 Å². The van der Waals surface area contributed by atoms with E-state index >= 15 is 0 Å². The van der Waals surface area contributed by atoms with Gasteiger partial charge in [-0.15, -0.1) is 0 Å². The van der Waals surface area contributed by atoms with Crippen LogP contribution in [0.15, 0.2) is 60.8 Å². The number of hydrogen-bond donors (Lipinski definition) is 1. The van der Waals surface area contributed by atoms with Gasteiger partial charge in [0, 0.05) is 28.9 Å². The number of anilines is 2. The molecule has 1 saturated carbocycles. The fourth-order valence-corrected chi connectivity index (χ4v) is 5.73. The van der Waals surface area contributed by atoms with Crippen LogP contribution in [0.1, 0.15) is 68.9 Å². The average Bonchev–Trinajstić information content (AvgIpc) is 2.97. The van der Waals surface area contributed by atoms with E-state index in [0.29, 0.717) is 34.3 Å². The average molecular weight is 588 g/mol. The second kappa shape index (κ2) is 11.9. The number of benzene rings is 2. The minimum atomic E-state index is -4.60. The summed E-state index contributed by atoms with van der Waals surface area (Å²) in [5.41, 5.74) is -0.819. The number of alkyl halides is 6. The van der Waals surface area contributed by atoms with Crippen LogP contribution in [0.5, 0.6) is 0 Å². The van der Waals surface area contributed by atoms with Crippen LogP contribution in [-0.2, 0) is 12.4 Å². The van der Waals surface area contributed by atoms with Gasteiger partial charge in [0.25, 0.3) is 0 Å². The Morgan fingerprint density at radius 2 is 1.62 bits per heavy atom. The zero-order valence-corrected chi connectivity index (χ0v) is 23.2. The third kappa shape index (κ3) is 6.35. The molecule has 1 aliphatic rings. The van der Waals surface area contributed by atoms with Crippen LogP contribution in [-0.4, -0.2) is 32.4 Å². The third-order valence-electron chi connectivity index (χ3n) is 7.86. The normalized spacial score (nSPS) is 15.7. The molecule has 2 aromatic carbocycles. The number of nitrogens with one attached hydrogen (secondary N) is 1. The van der Waals surface area contributed by atoms with Crippen LogP contribution in [0.25, 0.3) is 22.2 Å². The van der Waals surface area contributed by atoms with Gasteiger partial charge in [-0.3, -0.25) is 9.88 Å². The largest absolute Gasteiger partial charge is 0.418 e. The van der Waals surface area contributed by atoms with E-state index in [2.05, 4.69) is 22.1 Å². The Hall–Kier alpha value is -3.73. The number of hydrogen-bond acceptors (Lipinski definition) is 5. The van der Waals surface area contributed by atoms with Crippen molar-refractivity contribution in [1.29, 1.82) is 0 Å². The van der Waals surface area contributed by atoms with Crippen LogP contribution in [0.2, 0.25) is 0 Å². The first kappa shape index (κ1) is 29.8. The molecule has 11 heteroatoms. The SMILES string of the molecule is CCN(C1CCCCC1)C(C)c1nc(Nc2ccc(C(F)(F)F)cc2)c2ccc(-c3ncccc3C(F)(F)F)cc2n1. The fraction of sp³-hybridized carbons (Fsp3) is 0.387. The van der Waals surface area contributed by atoms with Gasteiger partial charge in [0.2, 0.25) is 0 Å². The quantitative estimate of drug-likeness (QED) is 0.219. The molecule has 0 bridgehead atoms. The number of halogens is 6. The van der Waals surface area contributed by atoms with E-state index in [1.54, 1.807) is 12.1 Å². The molecular weight excluding hydrogens is 556 g/mol. The van der Waals surface area contributed by atoms with Gasteiger partial charge in [-0.25, -0.2) is 9.97 Å². The van der Waals surface area contributed by atoms with E-state index in [-0.39, 0.29) is 17.3 Å². The molecule has 2 heterocycles. The van der Waals surface area contributed by atoms with Crippen molar-refractivity contribution in [3.8, 4) is 11.3 Å². The molecule has 222 valence electrons. The van der Waals surface area contributed by atoms with Gasteiger partial charge in [-0.2, -0.15) is 26.3 Å². The highest BCUT2D eigenvalue weighted by Gasteiger charge is 2.34. The summed E-state index contributed by atoms with van der Waals surface area (Å²) in [6.45, 7) is 4.84. The van der Waals surface area contributed by atoms with Gasteiger partial charge < -0.3 is 5.32 Å². The first-order chi connectivity index (χ1) is 20.0. The Balaban J connectivity index is 1.61. The van der Waals surface area contributed by atoms with Crippen molar-refractivity contribution >= 4 is 22.4 Å². The van der Waals surface area contributed by atoms with Crippen LogP contribution < -0.4 is 5.32 Å². The van der Waals surface area contributed by atoms with E-state index < -0.39 is 23.5 Å². The van der Waals surface area contributed by atoms with E-state index in [1.165, 1.54) is 36.9 Å². The van der Waals surface area contributed by atoms with Gasteiger partial charge in [-0.1, -0.05) is 32.3 Å². The molecule has 5 rings (SSSR count). The molecular formula is C31H31F6N5. The summed E-state index contributed by atoms with van der Waals surface area (Å²) in [6, 6.07) is 11.7. The van der Waals surface area contributed by atoms with Crippen molar-refractivity contribution in [1.82, 2.24) is 19.9 Å². The second-order valence-electron chi connectivity index (χ2n) is 10.6. The summed E-state index contributed by atoms with van der Waals surface area (Å²) in [7, 11) is 0. The third-order valence-corrected chi connectivity index (χ3v) is 7.86. The highest BCUT2D eigenvalue weighted by atomic mass is 19.4. The van der Waals surface area contributed by atoms with Crippen LogP contribution in [0.3, 0.4) is 0 Å². The Morgan fingerprint density at radius 3 is 2.26 bits per heavy atom. The molecule has 1 N–H and O–H groups in total. The maximum Gasteiger partial charge on any atom is 0.418 e. The minimum absolute atomic E-state index is 0.208. The van der Waals surface area contributed by atoms with Gasteiger partial charge in [0.1, 0.15) is 11.6 Å². The van der Waals surface area contributed by atoms with Crippen molar-refractivity contribution in [2.75, 3.05) is 11.9 Å². The van der Waals surface area contributed by atoms with Crippen molar-refractivity contribution < 1.29 is 26.3 Å².